The van der Waals surface area contributed by atoms with Gasteiger partial charge in [0.2, 0.25) is 0 Å². The highest BCUT2D eigenvalue weighted by molar-refractivity contribution is 9.10. The van der Waals surface area contributed by atoms with Crippen LogP contribution in [0.3, 0.4) is 0 Å². The van der Waals surface area contributed by atoms with Crippen LogP contribution in [-0.4, -0.2) is 22.0 Å². The first-order valence-corrected chi connectivity index (χ1v) is 13.1. The van der Waals surface area contributed by atoms with Gasteiger partial charge in [-0.25, -0.2) is 8.60 Å². The molecule has 37 heavy (non-hydrogen) atoms. The van der Waals surface area contributed by atoms with Crippen molar-refractivity contribution >= 4 is 61.7 Å². The summed E-state index contributed by atoms with van der Waals surface area (Å²) in [6, 6.07) is 12.5. The van der Waals surface area contributed by atoms with Gasteiger partial charge in [-0.3, -0.25) is 9.52 Å². The van der Waals surface area contributed by atoms with Gasteiger partial charge in [-0.05, 0) is 60.5 Å². The quantitative estimate of drug-likeness (QED) is 0.237. The second kappa shape index (κ2) is 10.4. The van der Waals surface area contributed by atoms with Gasteiger partial charge in [0.15, 0.2) is 16.8 Å². The van der Waals surface area contributed by atoms with Crippen molar-refractivity contribution in [3.63, 3.8) is 0 Å². The Kier molecular flexibility index (Phi) is 7.72. The number of halogens is 7. The van der Waals surface area contributed by atoms with E-state index in [9.17, 15) is 26.6 Å². The maximum Gasteiger partial charge on any atom is 0.435 e. The maximum atomic E-state index is 14.2. The van der Waals surface area contributed by atoms with E-state index in [1.165, 1.54) is 18.2 Å². The Morgan fingerprint density at radius 3 is 2.41 bits per heavy atom. The number of hydrogen-bond donors (Lipinski definition) is 1. The number of carbonyl (C=O) groups excluding carboxylic acids is 1. The fourth-order valence-electron chi connectivity index (χ4n) is 3.73. The van der Waals surface area contributed by atoms with Gasteiger partial charge >= 0.3 is 6.18 Å². The van der Waals surface area contributed by atoms with Gasteiger partial charge in [-0.2, -0.15) is 13.2 Å². The number of carbonyl (C=O) groups is 1. The monoisotopic (exact) mass is 636 g/mol. The minimum absolute atomic E-state index is 0.0540. The van der Waals surface area contributed by atoms with Crippen molar-refractivity contribution in [1.82, 2.24) is 4.72 Å². The summed E-state index contributed by atoms with van der Waals surface area (Å²) in [5, 5.41) is 2.48. The summed E-state index contributed by atoms with van der Waals surface area (Å²) in [6.07, 6.45) is -5.69. The Hall–Kier alpha value is -2.47. The molecular formula is C24H15BrCl2F4N2O3S. The molecule has 0 bridgehead atoms. The first-order valence-electron chi connectivity index (χ1n) is 10.4. The molecule has 2 unspecified atom stereocenters. The zero-order chi connectivity index (χ0) is 27.1. The van der Waals surface area contributed by atoms with E-state index < -0.39 is 56.5 Å². The number of nitrogens with one attached hydrogen (secondary N) is 1. The number of hydrogen-bond acceptors (Lipinski definition) is 4. The van der Waals surface area contributed by atoms with Gasteiger partial charge in [-0.1, -0.05) is 56.4 Å². The Morgan fingerprint density at radius 2 is 1.81 bits per heavy atom. The molecule has 1 heterocycles. The van der Waals surface area contributed by atoms with Crippen LogP contribution in [0, 0.1) is 12.7 Å². The third kappa shape index (κ3) is 5.41. The van der Waals surface area contributed by atoms with E-state index in [2.05, 4.69) is 25.8 Å². The van der Waals surface area contributed by atoms with Crippen molar-refractivity contribution in [2.24, 2.45) is 5.16 Å². The Labute approximate surface area is 229 Å². The molecule has 0 radical (unpaired) electrons. The van der Waals surface area contributed by atoms with Crippen molar-refractivity contribution in [3.05, 3.63) is 97.2 Å². The highest BCUT2D eigenvalue weighted by atomic mass is 79.9. The van der Waals surface area contributed by atoms with E-state index in [4.69, 9.17) is 28.0 Å². The zero-order valence-electron chi connectivity index (χ0n) is 18.6. The number of benzene rings is 3. The number of aryl methyl sites for hydroxylation is 1. The number of alkyl halides is 3. The Morgan fingerprint density at radius 1 is 1.14 bits per heavy atom. The van der Waals surface area contributed by atoms with Crippen LogP contribution in [0.4, 0.5) is 17.6 Å². The highest BCUT2D eigenvalue weighted by Crippen LogP contribution is 2.50. The van der Waals surface area contributed by atoms with E-state index in [1.54, 1.807) is 31.2 Å². The molecule has 0 spiro atoms. The molecule has 3 aromatic rings. The van der Waals surface area contributed by atoms with Crippen molar-refractivity contribution in [2.75, 3.05) is 0 Å². The van der Waals surface area contributed by atoms with Crippen molar-refractivity contribution in [2.45, 2.75) is 30.0 Å². The molecule has 4 rings (SSSR count). The molecular weight excluding hydrogens is 623 g/mol. The first kappa shape index (κ1) is 27.6. The fourth-order valence-corrected chi connectivity index (χ4v) is 5.60. The molecule has 3 aromatic carbocycles. The van der Waals surface area contributed by atoms with Gasteiger partial charge in [0.1, 0.15) is 0 Å². The molecule has 5 nitrogen and oxygen atoms in total. The van der Waals surface area contributed by atoms with Gasteiger partial charge in [0.05, 0.1) is 20.7 Å². The van der Waals surface area contributed by atoms with Crippen LogP contribution >= 0.6 is 39.1 Å². The van der Waals surface area contributed by atoms with Crippen molar-refractivity contribution < 1.29 is 31.4 Å². The van der Waals surface area contributed by atoms with Crippen LogP contribution in [0.1, 0.15) is 33.5 Å². The summed E-state index contributed by atoms with van der Waals surface area (Å²) in [6.45, 7) is 1.58. The van der Waals surface area contributed by atoms with Crippen molar-refractivity contribution in [3.8, 4) is 0 Å². The first-order chi connectivity index (χ1) is 17.3. The second-order valence-electron chi connectivity index (χ2n) is 8.07. The average molecular weight is 638 g/mol. The second-order valence-corrected chi connectivity index (χ2v) is 11.0. The molecule has 1 aliphatic rings. The lowest BCUT2D eigenvalue weighted by molar-refractivity contribution is -0.275. The lowest BCUT2D eigenvalue weighted by Crippen LogP contribution is -2.42. The van der Waals surface area contributed by atoms with Gasteiger partial charge < -0.3 is 4.84 Å². The van der Waals surface area contributed by atoms with Crippen LogP contribution in [-0.2, 0) is 21.4 Å². The third-order valence-corrected chi connectivity index (χ3v) is 7.73. The topological polar surface area (TPSA) is 67.8 Å². The molecule has 1 N–H and O–H groups in total. The number of rotatable bonds is 5. The summed E-state index contributed by atoms with van der Waals surface area (Å²) >= 11 is 14.7. The molecule has 13 heteroatoms. The van der Waals surface area contributed by atoms with Crippen LogP contribution in [0.15, 0.2) is 69.1 Å². The smallest absolute Gasteiger partial charge is 0.374 e. The van der Waals surface area contributed by atoms with E-state index in [0.29, 0.717) is 14.9 Å². The summed E-state index contributed by atoms with van der Waals surface area (Å²) in [4.78, 5) is 18.0. The largest absolute Gasteiger partial charge is 0.435 e. The van der Waals surface area contributed by atoms with Crippen LogP contribution in [0.25, 0.3) is 0 Å². The summed E-state index contributed by atoms with van der Waals surface area (Å²) in [7, 11) is -1.83. The zero-order valence-corrected chi connectivity index (χ0v) is 22.5. The molecule has 0 saturated carbocycles. The number of oxime groups is 1. The molecule has 0 aromatic heterocycles. The molecule has 194 valence electrons. The molecule has 1 aliphatic heterocycles. The predicted octanol–water partition coefficient (Wildman–Crippen LogP) is 7.24. The van der Waals surface area contributed by atoms with Crippen LogP contribution < -0.4 is 4.72 Å². The summed E-state index contributed by atoms with van der Waals surface area (Å²) < 4.78 is 72.1. The minimum atomic E-state index is -4.95. The van der Waals surface area contributed by atoms with E-state index >= 15 is 0 Å². The predicted molar refractivity (Wildman–Crippen MR) is 136 cm³/mol. The van der Waals surface area contributed by atoms with E-state index in [0.717, 1.165) is 12.1 Å². The molecule has 0 aliphatic carbocycles. The fraction of sp³-hybridized carbons (Fsp3) is 0.167. The lowest BCUT2D eigenvalue weighted by Gasteiger charge is -2.29. The van der Waals surface area contributed by atoms with Crippen molar-refractivity contribution in [1.29, 1.82) is 0 Å². The minimum Gasteiger partial charge on any atom is -0.374 e. The number of amides is 1. The Balaban J connectivity index is 1.58. The van der Waals surface area contributed by atoms with Gasteiger partial charge in [0.25, 0.3) is 11.5 Å². The van der Waals surface area contributed by atoms with Gasteiger partial charge in [-0.15, -0.1) is 0 Å². The molecule has 2 atom stereocenters. The maximum absolute atomic E-state index is 14.2. The van der Waals surface area contributed by atoms with E-state index in [-0.39, 0.29) is 16.8 Å². The molecule has 0 fully saturated rings. The SMILES string of the molecule is Cc1cc(C2=NOC(c3cc(Cl)c(F)c(Cl)c3)(C(F)(F)F)C2)ccc1C(=O)NS(=O)c1cccc(Br)c1. The van der Waals surface area contributed by atoms with Crippen LogP contribution in [0.2, 0.25) is 10.0 Å². The van der Waals surface area contributed by atoms with E-state index in [1.807, 2.05) is 0 Å². The molecule has 1 amide bonds. The summed E-state index contributed by atoms with van der Waals surface area (Å²) in [5.41, 5.74) is -2.65. The Bertz CT molecular complexity index is 1450. The van der Waals surface area contributed by atoms with Gasteiger partial charge in [0, 0.05) is 22.0 Å². The van der Waals surface area contributed by atoms with Crippen LogP contribution in [0.5, 0.6) is 0 Å². The average Bonchev–Trinajstić information content (AvgIpc) is 3.29. The number of nitrogens with zero attached hydrogens (tertiary/aromatic N) is 1. The third-order valence-electron chi connectivity index (χ3n) is 5.64. The summed E-state index contributed by atoms with van der Waals surface area (Å²) in [5.74, 6) is -1.68. The molecule has 0 saturated heterocycles. The normalized spacial score (nSPS) is 18.2. The standard InChI is InChI=1S/C24H15BrCl2F4N2O3S/c1-12-7-13(5-6-17(12)22(34)33-37(35)16-4-2-3-15(25)10-16)20-11-23(36-32-20,24(29,30)31)14-8-18(26)21(28)19(27)9-14/h2-10H,11H2,1H3,(H,33,34). The lowest BCUT2D eigenvalue weighted by atomic mass is 9.86. The highest BCUT2D eigenvalue weighted by Gasteiger charge is 2.62.